The van der Waals surface area contributed by atoms with Crippen LogP contribution in [0.25, 0.3) is 16.7 Å². The Bertz CT molecular complexity index is 933. The number of fused-ring (bicyclic) bond motifs is 1. The predicted octanol–water partition coefficient (Wildman–Crippen LogP) is 2.58. The van der Waals surface area contributed by atoms with Crippen LogP contribution in [-0.2, 0) is 9.53 Å². The van der Waals surface area contributed by atoms with Gasteiger partial charge in [-0.25, -0.2) is 9.59 Å². The topological polar surface area (TPSA) is 104 Å². The van der Waals surface area contributed by atoms with Gasteiger partial charge in [-0.15, -0.1) is 0 Å². The Balaban J connectivity index is 2.72. The monoisotopic (exact) mass is 342 g/mol. The Morgan fingerprint density at radius 1 is 1.40 bits per heavy atom. The van der Waals surface area contributed by atoms with Gasteiger partial charge >= 0.3 is 11.6 Å². The standard InChI is InChI=1S/C18H18N2O5/c1-4-20(5-2)11-6-7-12-13(10-19)17(14(21)9-16(22)24-3)18(23)25-15(12)8-11/h6-9,21H,4-5H2,1-3H3/b14-9-. The van der Waals surface area contributed by atoms with Gasteiger partial charge in [-0.3, -0.25) is 0 Å². The van der Waals surface area contributed by atoms with Gasteiger partial charge in [0.25, 0.3) is 0 Å². The van der Waals surface area contributed by atoms with Crippen LogP contribution in [0.15, 0.2) is 33.5 Å². The van der Waals surface area contributed by atoms with Crippen molar-refractivity contribution >= 4 is 28.4 Å². The fourth-order valence-electron chi connectivity index (χ4n) is 2.57. The third kappa shape index (κ3) is 3.48. The molecule has 130 valence electrons. The van der Waals surface area contributed by atoms with Crippen LogP contribution in [0.1, 0.15) is 25.0 Å². The lowest BCUT2D eigenvalue weighted by Crippen LogP contribution is -2.21. The first-order chi connectivity index (χ1) is 12.0. The molecule has 25 heavy (non-hydrogen) atoms. The molecular weight excluding hydrogens is 324 g/mol. The number of ether oxygens (including phenoxy) is 1. The normalized spacial score (nSPS) is 11.2. The number of hydrogen-bond donors (Lipinski definition) is 1. The molecule has 0 saturated carbocycles. The fraction of sp³-hybridized carbons (Fsp3) is 0.278. The Labute approximate surface area is 144 Å². The highest BCUT2D eigenvalue weighted by molar-refractivity contribution is 5.94. The number of aliphatic hydroxyl groups is 1. The molecule has 1 heterocycles. The van der Waals surface area contributed by atoms with E-state index in [-0.39, 0.29) is 16.7 Å². The zero-order valence-electron chi connectivity index (χ0n) is 14.2. The molecule has 7 nitrogen and oxygen atoms in total. The van der Waals surface area contributed by atoms with Gasteiger partial charge in [0.1, 0.15) is 23.0 Å². The van der Waals surface area contributed by atoms with E-state index in [1.807, 2.05) is 19.9 Å². The van der Waals surface area contributed by atoms with Gasteiger partial charge in [0.2, 0.25) is 0 Å². The largest absolute Gasteiger partial charge is 0.507 e. The number of benzene rings is 1. The van der Waals surface area contributed by atoms with Crippen molar-refractivity contribution in [2.75, 3.05) is 25.1 Å². The number of anilines is 1. The van der Waals surface area contributed by atoms with Crippen molar-refractivity contribution in [2.45, 2.75) is 13.8 Å². The summed E-state index contributed by atoms with van der Waals surface area (Å²) in [6.45, 7) is 5.56. The molecule has 0 aliphatic carbocycles. The minimum Gasteiger partial charge on any atom is -0.507 e. The maximum absolute atomic E-state index is 12.3. The molecule has 0 unspecified atom stereocenters. The van der Waals surface area contributed by atoms with Crippen LogP contribution in [0, 0.1) is 11.3 Å². The van der Waals surface area contributed by atoms with Gasteiger partial charge in [0.15, 0.2) is 0 Å². The Kier molecular flexibility index (Phi) is 5.45. The summed E-state index contributed by atoms with van der Waals surface area (Å²) in [6, 6.07) is 7.04. The molecule has 0 aliphatic heterocycles. The average molecular weight is 342 g/mol. The van der Waals surface area contributed by atoms with E-state index >= 15 is 0 Å². The predicted molar refractivity (Wildman–Crippen MR) is 93.4 cm³/mol. The van der Waals surface area contributed by atoms with Crippen LogP contribution in [0.4, 0.5) is 5.69 Å². The van der Waals surface area contributed by atoms with Gasteiger partial charge in [-0.05, 0) is 26.0 Å². The summed E-state index contributed by atoms with van der Waals surface area (Å²) in [5, 5.41) is 19.9. The molecule has 0 amide bonds. The molecule has 1 N–H and O–H groups in total. The average Bonchev–Trinajstić information content (AvgIpc) is 2.60. The second-order valence-electron chi connectivity index (χ2n) is 5.16. The van der Waals surface area contributed by atoms with Gasteiger partial charge < -0.3 is 19.2 Å². The van der Waals surface area contributed by atoms with Crippen LogP contribution in [0.5, 0.6) is 0 Å². The van der Waals surface area contributed by atoms with E-state index in [4.69, 9.17) is 4.42 Å². The van der Waals surface area contributed by atoms with Crippen molar-refractivity contribution in [2.24, 2.45) is 0 Å². The molecule has 1 aromatic heterocycles. The number of methoxy groups -OCH3 is 1. The number of hydrogen-bond acceptors (Lipinski definition) is 7. The van der Waals surface area contributed by atoms with Crippen LogP contribution >= 0.6 is 0 Å². The quantitative estimate of drug-likeness (QED) is 0.385. The van der Waals surface area contributed by atoms with Gasteiger partial charge in [0, 0.05) is 30.2 Å². The Hall–Kier alpha value is -3.27. The number of nitriles is 1. The SMILES string of the molecule is CCN(CC)c1ccc2c(C#N)c(/C(O)=C/C(=O)OC)c(=O)oc2c1. The van der Waals surface area contributed by atoms with E-state index < -0.39 is 17.4 Å². The zero-order chi connectivity index (χ0) is 18.6. The minimum absolute atomic E-state index is 0.0602. The van der Waals surface area contributed by atoms with Crippen molar-refractivity contribution in [1.82, 2.24) is 0 Å². The highest BCUT2D eigenvalue weighted by atomic mass is 16.5. The molecule has 0 atom stereocenters. The molecule has 0 radical (unpaired) electrons. The highest BCUT2D eigenvalue weighted by Crippen LogP contribution is 2.27. The third-order valence-corrected chi connectivity index (χ3v) is 3.84. The number of esters is 1. The molecule has 0 saturated heterocycles. The van der Waals surface area contributed by atoms with Crippen molar-refractivity contribution in [3.63, 3.8) is 0 Å². The minimum atomic E-state index is -0.904. The highest BCUT2D eigenvalue weighted by Gasteiger charge is 2.19. The molecule has 2 rings (SSSR count). The molecule has 0 bridgehead atoms. The molecule has 2 aromatic rings. The van der Waals surface area contributed by atoms with E-state index in [1.165, 1.54) is 0 Å². The van der Waals surface area contributed by atoms with Gasteiger partial charge in [0.05, 0.1) is 18.7 Å². The Morgan fingerprint density at radius 3 is 2.64 bits per heavy atom. The summed E-state index contributed by atoms with van der Waals surface area (Å²) in [6.07, 6.45) is 0.725. The molecule has 7 heteroatoms. The second-order valence-corrected chi connectivity index (χ2v) is 5.16. The van der Waals surface area contributed by atoms with E-state index in [2.05, 4.69) is 9.64 Å². The van der Waals surface area contributed by atoms with E-state index in [1.54, 1.807) is 18.2 Å². The van der Waals surface area contributed by atoms with Gasteiger partial charge in [-0.1, -0.05) is 0 Å². The molecule has 0 spiro atoms. The second kappa shape index (κ2) is 7.53. The van der Waals surface area contributed by atoms with Crippen molar-refractivity contribution in [1.29, 1.82) is 5.26 Å². The molecule has 1 aromatic carbocycles. The van der Waals surface area contributed by atoms with Gasteiger partial charge in [-0.2, -0.15) is 5.26 Å². The van der Waals surface area contributed by atoms with E-state index in [9.17, 15) is 20.0 Å². The summed E-state index contributed by atoms with van der Waals surface area (Å²) in [5.41, 5.74) is -0.239. The fourth-order valence-corrected chi connectivity index (χ4v) is 2.57. The molecule has 0 fully saturated rings. The number of aliphatic hydroxyl groups excluding tert-OH is 1. The first-order valence-electron chi connectivity index (χ1n) is 7.71. The van der Waals surface area contributed by atoms with E-state index in [0.29, 0.717) is 5.39 Å². The lowest BCUT2D eigenvalue weighted by molar-refractivity contribution is -0.134. The molecule has 0 aliphatic rings. The van der Waals surface area contributed by atoms with Crippen LogP contribution < -0.4 is 10.5 Å². The maximum atomic E-state index is 12.3. The maximum Gasteiger partial charge on any atom is 0.348 e. The molecular formula is C18H18N2O5. The number of rotatable bonds is 5. The number of nitrogens with zero attached hydrogens (tertiary/aromatic N) is 2. The third-order valence-electron chi connectivity index (χ3n) is 3.84. The summed E-state index contributed by atoms with van der Waals surface area (Å²) in [7, 11) is 1.13. The van der Waals surface area contributed by atoms with Crippen molar-refractivity contribution < 1.29 is 19.1 Å². The van der Waals surface area contributed by atoms with Crippen molar-refractivity contribution in [3.8, 4) is 6.07 Å². The van der Waals surface area contributed by atoms with E-state index in [0.717, 1.165) is 32.0 Å². The first kappa shape index (κ1) is 18.1. The summed E-state index contributed by atoms with van der Waals surface area (Å²) < 4.78 is 9.68. The van der Waals surface area contributed by atoms with Crippen LogP contribution in [0.2, 0.25) is 0 Å². The van der Waals surface area contributed by atoms with Crippen LogP contribution in [-0.4, -0.2) is 31.3 Å². The summed E-state index contributed by atoms with van der Waals surface area (Å²) >= 11 is 0. The smallest absolute Gasteiger partial charge is 0.348 e. The van der Waals surface area contributed by atoms with Crippen LogP contribution in [0.3, 0.4) is 0 Å². The summed E-state index contributed by atoms with van der Waals surface area (Å²) in [4.78, 5) is 25.6. The number of carbonyl (C=O) groups excluding carboxylic acids is 1. The first-order valence-corrected chi connectivity index (χ1v) is 7.71. The summed E-state index contributed by atoms with van der Waals surface area (Å²) in [5.74, 6) is -1.52. The van der Waals surface area contributed by atoms with Crippen molar-refractivity contribution in [3.05, 3.63) is 45.8 Å². The lowest BCUT2D eigenvalue weighted by Gasteiger charge is -2.21. The lowest BCUT2D eigenvalue weighted by atomic mass is 10.0. The number of carbonyl (C=O) groups is 1. The zero-order valence-corrected chi connectivity index (χ0v) is 14.2. The Morgan fingerprint density at radius 2 is 2.08 bits per heavy atom.